The fourth-order valence-corrected chi connectivity index (χ4v) is 6.33. The van der Waals surface area contributed by atoms with Crippen LogP contribution in [0.3, 0.4) is 0 Å². The third kappa shape index (κ3) is 4.47. The lowest BCUT2D eigenvalue weighted by Gasteiger charge is -2.47. The third-order valence-electron chi connectivity index (χ3n) is 8.34. The number of hydrogen-bond donors (Lipinski definition) is 1. The lowest BCUT2D eigenvalue weighted by Crippen LogP contribution is -2.47. The average molecular weight is 432 g/mol. The summed E-state index contributed by atoms with van der Waals surface area (Å²) in [7, 11) is 2.25. The van der Waals surface area contributed by atoms with Gasteiger partial charge in [0.25, 0.3) is 0 Å². The Kier molecular flexibility index (Phi) is 6.07. The van der Waals surface area contributed by atoms with Gasteiger partial charge in [0.05, 0.1) is 6.04 Å². The van der Waals surface area contributed by atoms with Crippen molar-refractivity contribution in [2.45, 2.75) is 57.4 Å². The summed E-state index contributed by atoms with van der Waals surface area (Å²) in [6.07, 6.45) is 4.03. The first-order valence-electron chi connectivity index (χ1n) is 12.8. The standard InChI is InChI=1S/C29H41N3/c1-29(2,3)23-11-13-27-26(19-23)25-18-21(20-32-16-14-31(4)15-17-32)10-12-24(25)28(30-27)22-8-6-5-7-9-22/h5-9,11,13,19,21,24-25,28,30H,10,12,14-18,20H2,1-4H3. The minimum absolute atomic E-state index is 0.189. The Hall–Kier alpha value is -1.84. The Morgan fingerprint density at radius 3 is 2.41 bits per heavy atom. The number of anilines is 1. The first-order valence-corrected chi connectivity index (χ1v) is 12.8. The lowest BCUT2D eigenvalue weighted by molar-refractivity contribution is 0.108. The number of fused-ring (bicyclic) bond motifs is 3. The minimum atomic E-state index is 0.189. The Bertz CT molecular complexity index is 908. The van der Waals surface area contributed by atoms with E-state index in [2.05, 4.69) is 91.5 Å². The summed E-state index contributed by atoms with van der Waals surface area (Å²) < 4.78 is 0. The van der Waals surface area contributed by atoms with Crippen LogP contribution in [-0.4, -0.2) is 49.6 Å². The molecule has 1 saturated carbocycles. The smallest absolute Gasteiger partial charge is 0.0547 e. The maximum absolute atomic E-state index is 3.98. The highest BCUT2D eigenvalue weighted by atomic mass is 15.2. The van der Waals surface area contributed by atoms with Crippen LogP contribution in [0.5, 0.6) is 0 Å². The molecule has 5 rings (SSSR count). The van der Waals surface area contributed by atoms with Crippen LogP contribution in [0.4, 0.5) is 5.69 Å². The minimum Gasteiger partial charge on any atom is -0.378 e. The molecule has 3 aliphatic rings. The number of nitrogens with one attached hydrogen (secondary N) is 1. The van der Waals surface area contributed by atoms with E-state index in [4.69, 9.17) is 0 Å². The van der Waals surface area contributed by atoms with Gasteiger partial charge in [-0.3, -0.25) is 0 Å². The van der Waals surface area contributed by atoms with Gasteiger partial charge in [-0.15, -0.1) is 0 Å². The van der Waals surface area contributed by atoms with Crippen molar-refractivity contribution < 1.29 is 0 Å². The van der Waals surface area contributed by atoms with Gasteiger partial charge in [-0.1, -0.05) is 63.2 Å². The van der Waals surface area contributed by atoms with E-state index in [1.807, 2.05) is 0 Å². The summed E-state index contributed by atoms with van der Waals surface area (Å²) in [6, 6.07) is 18.9. The van der Waals surface area contributed by atoms with Crippen molar-refractivity contribution in [3.05, 3.63) is 65.2 Å². The summed E-state index contributed by atoms with van der Waals surface area (Å²) in [5, 5.41) is 3.98. The van der Waals surface area contributed by atoms with Crippen LogP contribution < -0.4 is 5.32 Å². The van der Waals surface area contributed by atoms with Crippen molar-refractivity contribution in [3.63, 3.8) is 0 Å². The number of benzene rings is 2. The van der Waals surface area contributed by atoms with Crippen LogP contribution in [-0.2, 0) is 5.41 Å². The number of piperazine rings is 1. The fraction of sp³-hybridized carbons (Fsp3) is 0.586. The van der Waals surface area contributed by atoms with E-state index < -0.39 is 0 Å². The quantitative estimate of drug-likeness (QED) is 0.653. The van der Waals surface area contributed by atoms with Gasteiger partial charge in [-0.25, -0.2) is 0 Å². The van der Waals surface area contributed by atoms with Gasteiger partial charge in [0.2, 0.25) is 0 Å². The molecule has 2 aromatic carbocycles. The van der Waals surface area contributed by atoms with Crippen molar-refractivity contribution in [2.75, 3.05) is 45.1 Å². The molecule has 2 aromatic rings. The lowest BCUT2D eigenvalue weighted by atomic mass is 9.64. The summed E-state index contributed by atoms with van der Waals surface area (Å²) >= 11 is 0. The maximum Gasteiger partial charge on any atom is 0.0547 e. The van der Waals surface area contributed by atoms with Crippen LogP contribution in [0, 0.1) is 11.8 Å². The predicted molar refractivity (Wildman–Crippen MR) is 135 cm³/mol. The zero-order chi connectivity index (χ0) is 22.3. The molecule has 2 fully saturated rings. The molecule has 32 heavy (non-hydrogen) atoms. The van der Waals surface area contributed by atoms with Crippen molar-refractivity contribution in [1.82, 2.24) is 9.80 Å². The molecule has 2 aliphatic heterocycles. The molecular formula is C29H41N3. The highest BCUT2D eigenvalue weighted by Crippen LogP contribution is 2.53. The highest BCUT2D eigenvalue weighted by molar-refractivity contribution is 5.59. The molecule has 4 unspecified atom stereocenters. The summed E-state index contributed by atoms with van der Waals surface area (Å²) in [5.74, 6) is 2.16. The van der Waals surface area contributed by atoms with Crippen LogP contribution in [0.2, 0.25) is 0 Å². The van der Waals surface area contributed by atoms with Gasteiger partial charge in [0.1, 0.15) is 0 Å². The Labute approximate surface area is 195 Å². The van der Waals surface area contributed by atoms with E-state index in [1.165, 1.54) is 68.8 Å². The van der Waals surface area contributed by atoms with Gasteiger partial charge in [-0.05, 0) is 72.2 Å². The zero-order valence-electron chi connectivity index (χ0n) is 20.5. The molecule has 3 nitrogen and oxygen atoms in total. The molecule has 1 saturated heterocycles. The predicted octanol–water partition coefficient (Wildman–Crippen LogP) is 5.90. The second-order valence-electron chi connectivity index (χ2n) is 11.6. The number of likely N-dealkylation sites (N-methyl/N-ethyl adjacent to an activating group) is 1. The number of nitrogens with zero attached hydrogens (tertiary/aromatic N) is 2. The SMILES string of the molecule is CN1CCN(CC2CCC3C(C2)c2cc(C(C)(C)C)ccc2NC3c2ccccc2)CC1. The molecule has 2 heterocycles. The zero-order valence-corrected chi connectivity index (χ0v) is 20.5. The summed E-state index contributed by atoms with van der Waals surface area (Å²) in [4.78, 5) is 5.20. The number of rotatable bonds is 3. The monoisotopic (exact) mass is 431 g/mol. The molecule has 0 spiro atoms. The van der Waals surface area contributed by atoms with E-state index in [9.17, 15) is 0 Å². The largest absolute Gasteiger partial charge is 0.378 e. The van der Waals surface area contributed by atoms with Crippen molar-refractivity contribution >= 4 is 5.69 Å². The van der Waals surface area contributed by atoms with Gasteiger partial charge in [0.15, 0.2) is 0 Å². The Balaban J connectivity index is 1.43. The van der Waals surface area contributed by atoms with Crippen LogP contribution >= 0.6 is 0 Å². The molecule has 1 N–H and O–H groups in total. The molecule has 4 atom stereocenters. The molecule has 1 aliphatic carbocycles. The van der Waals surface area contributed by atoms with Crippen molar-refractivity contribution in [2.24, 2.45) is 11.8 Å². The first kappa shape index (κ1) is 22.0. The second-order valence-corrected chi connectivity index (χ2v) is 11.6. The average Bonchev–Trinajstić information content (AvgIpc) is 2.79. The topological polar surface area (TPSA) is 18.5 Å². The van der Waals surface area contributed by atoms with Gasteiger partial charge >= 0.3 is 0 Å². The van der Waals surface area contributed by atoms with Crippen LogP contribution in [0.25, 0.3) is 0 Å². The van der Waals surface area contributed by atoms with Crippen molar-refractivity contribution in [1.29, 1.82) is 0 Å². The van der Waals surface area contributed by atoms with Crippen LogP contribution in [0.15, 0.2) is 48.5 Å². The van der Waals surface area contributed by atoms with Gasteiger partial charge in [0, 0.05) is 38.4 Å². The van der Waals surface area contributed by atoms with E-state index in [-0.39, 0.29) is 5.41 Å². The highest BCUT2D eigenvalue weighted by Gasteiger charge is 2.42. The van der Waals surface area contributed by atoms with Gasteiger partial charge in [-0.2, -0.15) is 0 Å². The van der Waals surface area contributed by atoms with Crippen LogP contribution in [0.1, 0.15) is 68.7 Å². The first-order chi connectivity index (χ1) is 15.4. The molecule has 0 amide bonds. The molecular weight excluding hydrogens is 390 g/mol. The molecule has 0 bridgehead atoms. The molecule has 0 radical (unpaired) electrons. The van der Waals surface area contributed by atoms with E-state index >= 15 is 0 Å². The van der Waals surface area contributed by atoms with E-state index in [0.29, 0.717) is 17.9 Å². The fourth-order valence-electron chi connectivity index (χ4n) is 6.33. The number of hydrogen-bond acceptors (Lipinski definition) is 3. The molecule has 3 heteroatoms. The van der Waals surface area contributed by atoms with Crippen molar-refractivity contribution in [3.8, 4) is 0 Å². The van der Waals surface area contributed by atoms with E-state index in [0.717, 1.165) is 5.92 Å². The Morgan fingerprint density at radius 1 is 0.938 bits per heavy atom. The third-order valence-corrected chi connectivity index (χ3v) is 8.34. The van der Waals surface area contributed by atoms with E-state index in [1.54, 1.807) is 5.56 Å². The molecule has 0 aromatic heterocycles. The Morgan fingerprint density at radius 2 is 1.69 bits per heavy atom. The second kappa shape index (κ2) is 8.83. The molecule has 172 valence electrons. The maximum atomic E-state index is 3.98. The summed E-state index contributed by atoms with van der Waals surface area (Å²) in [6.45, 7) is 13.2. The summed E-state index contributed by atoms with van der Waals surface area (Å²) in [5.41, 5.74) is 6.06. The van der Waals surface area contributed by atoms with Gasteiger partial charge < -0.3 is 15.1 Å². The normalized spacial score (nSPS) is 29.1.